The molecule has 0 fully saturated rings. The van der Waals surface area contributed by atoms with Crippen LogP contribution in [0.3, 0.4) is 0 Å². The van der Waals surface area contributed by atoms with Gasteiger partial charge in [0.05, 0.1) is 12.7 Å². The molecule has 0 aliphatic heterocycles. The monoisotopic (exact) mass is 769 g/mol. The van der Waals surface area contributed by atoms with Gasteiger partial charge in [-0.3, -0.25) is 14.1 Å². The van der Waals surface area contributed by atoms with Crippen LogP contribution < -0.4 is 0 Å². The normalized spacial score (nSPS) is 13.5. The Labute approximate surface area is 323 Å². The molecule has 10 heteroatoms. The second-order valence-corrected chi connectivity index (χ2v) is 15.4. The first-order valence-electron chi connectivity index (χ1n) is 21.0. The fourth-order valence-corrected chi connectivity index (χ4v) is 6.06. The Kier molecular flexibility index (Phi) is 36.8. The van der Waals surface area contributed by atoms with Crippen LogP contribution in [0.15, 0.2) is 48.6 Å². The van der Waals surface area contributed by atoms with Crippen molar-refractivity contribution in [2.75, 3.05) is 13.2 Å². The Bertz CT molecular complexity index is 1020. The summed E-state index contributed by atoms with van der Waals surface area (Å²) in [5.41, 5.74) is 0. The number of carbonyl (C=O) groups is 2. The molecule has 0 amide bonds. The lowest BCUT2D eigenvalue weighted by Crippen LogP contribution is -2.29. The lowest BCUT2D eigenvalue weighted by molar-refractivity contribution is -0.161. The molecule has 0 radical (unpaired) electrons. The van der Waals surface area contributed by atoms with E-state index < -0.39 is 32.5 Å². The van der Waals surface area contributed by atoms with Crippen molar-refractivity contribution in [1.82, 2.24) is 0 Å². The molecular weight excluding hydrogens is 691 g/mol. The third kappa shape index (κ3) is 41.0. The second kappa shape index (κ2) is 38.3. The molecule has 0 aliphatic rings. The van der Waals surface area contributed by atoms with Crippen LogP contribution in [0.2, 0.25) is 0 Å². The molecule has 9 nitrogen and oxygen atoms in total. The van der Waals surface area contributed by atoms with Gasteiger partial charge in [-0.05, 0) is 57.8 Å². The number of aliphatic hydroxyl groups excluding tert-OH is 1. The van der Waals surface area contributed by atoms with Crippen molar-refractivity contribution in [2.24, 2.45) is 0 Å². The molecule has 0 heterocycles. The smallest absolute Gasteiger partial charge is 0.462 e. The highest BCUT2D eigenvalue weighted by atomic mass is 31.2. The summed E-state index contributed by atoms with van der Waals surface area (Å²) in [5.74, 6) is -0.965. The highest BCUT2D eigenvalue weighted by Gasteiger charge is 2.22. The van der Waals surface area contributed by atoms with Gasteiger partial charge in [0.2, 0.25) is 0 Å². The molecule has 0 unspecified atom stereocenters. The van der Waals surface area contributed by atoms with E-state index in [2.05, 4.69) is 47.9 Å². The lowest BCUT2D eigenvalue weighted by atomic mass is 10.0. The van der Waals surface area contributed by atoms with Crippen molar-refractivity contribution >= 4 is 19.8 Å². The number of aliphatic hydroxyl groups is 1. The number of ether oxygens (including phenoxy) is 2. The Morgan fingerprint density at radius 1 is 0.566 bits per heavy atom. The zero-order chi connectivity index (χ0) is 39.1. The predicted molar refractivity (Wildman–Crippen MR) is 217 cm³/mol. The summed E-state index contributed by atoms with van der Waals surface area (Å²) < 4.78 is 26.3. The van der Waals surface area contributed by atoms with Crippen LogP contribution in [0.25, 0.3) is 0 Å². The van der Waals surface area contributed by atoms with Crippen molar-refractivity contribution in [1.29, 1.82) is 0 Å². The van der Waals surface area contributed by atoms with Crippen LogP contribution in [0.4, 0.5) is 0 Å². The third-order valence-electron chi connectivity index (χ3n) is 9.01. The Morgan fingerprint density at radius 2 is 1.00 bits per heavy atom. The molecule has 0 aromatic rings. The van der Waals surface area contributed by atoms with Crippen molar-refractivity contribution < 1.29 is 43.0 Å². The summed E-state index contributed by atoms with van der Waals surface area (Å²) in [6.45, 7) is 3.37. The van der Waals surface area contributed by atoms with Gasteiger partial charge in [-0.2, -0.15) is 0 Å². The van der Waals surface area contributed by atoms with Gasteiger partial charge in [0, 0.05) is 12.8 Å². The van der Waals surface area contributed by atoms with E-state index >= 15 is 0 Å². The average molecular weight is 769 g/mol. The predicted octanol–water partition coefficient (Wildman–Crippen LogP) is 11.7. The largest absolute Gasteiger partial charge is 0.469 e. The number of unbranched alkanes of at least 4 members (excludes halogenated alkanes) is 17. The van der Waals surface area contributed by atoms with Gasteiger partial charge in [-0.1, -0.05) is 165 Å². The van der Waals surface area contributed by atoms with E-state index in [1.165, 1.54) is 83.5 Å². The molecule has 0 spiro atoms. The highest BCUT2D eigenvalue weighted by Crippen LogP contribution is 2.36. The van der Waals surface area contributed by atoms with E-state index in [1.807, 2.05) is 19.1 Å². The fourth-order valence-electron chi connectivity index (χ4n) is 5.70. The van der Waals surface area contributed by atoms with E-state index in [9.17, 15) is 19.3 Å². The van der Waals surface area contributed by atoms with Crippen LogP contribution >= 0.6 is 7.82 Å². The first-order valence-corrected chi connectivity index (χ1v) is 22.5. The molecule has 308 valence electrons. The van der Waals surface area contributed by atoms with Crippen LogP contribution in [0, 0.1) is 0 Å². The molecule has 0 saturated heterocycles. The molecule has 0 saturated carbocycles. The summed E-state index contributed by atoms with van der Waals surface area (Å²) in [6, 6.07) is 0. The van der Waals surface area contributed by atoms with E-state index in [-0.39, 0.29) is 25.6 Å². The lowest BCUT2D eigenvalue weighted by Gasteiger charge is -2.18. The van der Waals surface area contributed by atoms with Crippen LogP contribution in [-0.2, 0) is 28.2 Å². The van der Waals surface area contributed by atoms with E-state index in [0.29, 0.717) is 19.3 Å². The molecular formula is C43H77O9P. The number of allylic oxidation sites excluding steroid dienone is 8. The summed E-state index contributed by atoms with van der Waals surface area (Å²) >= 11 is 0. The van der Waals surface area contributed by atoms with E-state index in [4.69, 9.17) is 19.3 Å². The highest BCUT2D eigenvalue weighted by molar-refractivity contribution is 7.46. The van der Waals surface area contributed by atoms with Crippen LogP contribution in [-0.4, -0.2) is 52.3 Å². The Balaban J connectivity index is 4.01. The number of carbonyl (C=O) groups excluding carboxylic acids is 2. The first-order chi connectivity index (χ1) is 25.7. The van der Waals surface area contributed by atoms with Gasteiger partial charge in [-0.15, -0.1) is 0 Å². The standard InChI is InChI=1S/C43H77O9P/c1-3-5-6-7-8-9-10-11-12-13-14-19-22-25-28-31-34-37-43(46)52-41(39-51-53(47,48)49)38-50-42(45)36-33-30-27-24-21-18-16-15-17-20-23-26-29-32-35-40(44)4-2/h16-18,20,24,26-27,29,40-41,44H,3-15,19,21-23,25,28,30-39H2,1-2H3,(H2,47,48,49)/b18-16-,20-17-,27-24-,29-26-/t40-,41+/m0/s1. The molecule has 0 aromatic carbocycles. The topological polar surface area (TPSA) is 140 Å². The van der Waals surface area contributed by atoms with Gasteiger partial charge in [0.1, 0.15) is 6.61 Å². The SMILES string of the molecule is CCCCCCCCCCCCCCCCCCCC(=O)O[C@H](COC(=O)CCC/C=C\C/C=C\C/C=C\C/C=C\CC[C@@H](O)CC)COP(=O)(O)O. The minimum atomic E-state index is -4.77. The number of hydrogen-bond donors (Lipinski definition) is 3. The Hall–Kier alpha value is -2.03. The van der Waals surface area contributed by atoms with Gasteiger partial charge >= 0.3 is 19.8 Å². The van der Waals surface area contributed by atoms with Gasteiger partial charge in [0.25, 0.3) is 0 Å². The van der Waals surface area contributed by atoms with Crippen LogP contribution in [0.1, 0.15) is 187 Å². The minimum Gasteiger partial charge on any atom is -0.462 e. The van der Waals surface area contributed by atoms with Gasteiger partial charge in [-0.25, -0.2) is 4.57 Å². The molecule has 53 heavy (non-hydrogen) atoms. The fraction of sp³-hybridized carbons (Fsp3) is 0.767. The molecule has 2 atom stereocenters. The van der Waals surface area contributed by atoms with Gasteiger partial charge < -0.3 is 24.4 Å². The van der Waals surface area contributed by atoms with Crippen molar-refractivity contribution in [3.63, 3.8) is 0 Å². The summed E-state index contributed by atoms with van der Waals surface area (Å²) in [6.07, 6.45) is 43.5. The van der Waals surface area contributed by atoms with E-state index in [1.54, 1.807) is 0 Å². The zero-order valence-corrected chi connectivity index (χ0v) is 34.4. The average Bonchev–Trinajstić information content (AvgIpc) is 3.13. The maximum atomic E-state index is 12.4. The number of rotatable bonds is 38. The molecule has 0 aliphatic carbocycles. The maximum absolute atomic E-state index is 12.4. The summed E-state index contributed by atoms with van der Waals surface area (Å²) in [4.78, 5) is 42.8. The molecule has 0 rings (SSSR count). The van der Waals surface area contributed by atoms with Gasteiger partial charge in [0.15, 0.2) is 6.10 Å². The number of phosphoric acid groups is 1. The summed E-state index contributed by atoms with van der Waals surface area (Å²) in [7, 11) is -4.77. The number of phosphoric ester groups is 1. The first kappa shape index (κ1) is 51.0. The molecule has 3 N–H and O–H groups in total. The quantitative estimate of drug-likeness (QED) is 0.0242. The molecule has 0 aromatic heterocycles. The third-order valence-corrected chi connectivity index (χ3v) is 9.50. The maximum Gasteiger partial charge on any atom is 0.469 e. The number of esters is 2. The summed E-state index contributed by atoms with van der Waals surface area (Å²) in [5, 5.41) is 9.54. The number of hydrogen-bond acceptors (Lipinski definition) is 7. The van der Waals surface area contributed by atoms with Crippen molar-refractivity contribution in [3.8, 4) is 0 Å². The second-order valence-electron chi connectivity index (χ2n) is 14.1. The Morgan fingerprint density at radius 3 is 1.47 bits per heavy atom. The van der Waals surface area contributed by atoms with Crippen molar-refractivity contribution in [3.05, 3.63) is 48.6 Å². The molecule has 0 bridgehead atoms. The zero-order valence-electron chi connectivity index (χ0n) is 33.5. The van der Waals surface area contributed by atoms with E-state index in [0.717, 1.165) is 57.8 Å². The minimum absolute atomic E-state index is 0.178. The van der Waals surface area contributed by atoms with Crippen molar-refractivity contribution in [2.45, 2.75) is 199 Å². The van der Waals surface area contributed by atoms with Crippen LogP contribution in [0.5, 0.6) is 0 Å².